The summed E-state index contributed by atoms with van der Waals surface area (Å²) in [6, 6.07) is 11.6. The van der Waals surface area contributed by atoms with Gasteiger partial charge in [0.25, 0.3) is 0 Å². The van der Waals surface area contributed by atoms with Gasteiger partial charge in [-0.2, -0.15) is 0 Å². The van der Waals surface area contributed by atoms with Crippen molar-refractivity contribution < 1.29 is 18.9 Å². The van der Waals surface area contributed by atoms with Gasteiger partial charge in [-0.1, -0.05) is 12.1 Å². The van der Waals surface area contributed by atoms with Gasteiger partial charge in [0.1, 0.15) is 12.4 Å². The zero-order valence-electron chi connectivity index (χ0n) is 15.3. The van der Waals surface area contributed by atoms with E-state index in [0.29, 0.717) is 24.0 Å². The Balaban J connectivity index is 2.21. The summed E-state index contributed by atoms with van der Waals surface area (Å²) in [5.41, 5.74) is 2.51. The van der Waals surface area contributed by atoms with Crippen molar-refractivity contribution in [3.8, 4) is 28.4 Å². The van der Waals surface area contributed by atoms with Crippen LogP contribution in [0.2, 0.25) is 0 Å². The zero-order valence-corrected chi connectivity index (χ0v) is 15.3. The molecule has 0 atom stereocenters. The van der Waals surface area contributed by atoms with E-state index in [9.17, 15) is 0 Å². The summed E-state index contributed by atoms with van der Waals surface area (Å²) >= 11 is 0. The summed E-state index contributed by atoms with van der Waals surface area (Å²) in [6.07, 6.45) is 0. The molecule has 0 amide bonds. The first-order valence-corrected chi connectivity index (χ1v) is 8.11. The minimum atomic E-state index is -0.236. The summed E-state index contributed by atoms with van der Waals surface area (Å²) in [5, 5.41) is 0. The second-order valence-corrected chi connectivity index (χ2v) is 6.47. The Labute approximate surface area is 148 Å². The van der Waals surface area contributed by atoms with Crippen LogP contribution < -0.4 is 14.2 Å². The van der Waals surface area contributed by atoms with E-state index in [1.54, 1.807) is 21.3 Å². The summed E-state index contributed by atoms with van der Waals surface area (Å²) in [7, 11) is 4.91. The van der Waals surface area contributed by atoms with E-state index in [-0.39, 0.29) is 5.54 Å². The molecule has 0 N–H and O–H groups in total. The summed E-state index contributed by atoms with van der Waals surface area (Å²) in [4.78, 5) is 4.71. The van der Waals surface area contributed by atoms with Crippen LogP contribution in [0.5, 0.6) is 17.2 Å². The van der Waals surface area contributed by atoms with Gasteiger partial charge < -0.3 is 18.9 Å². The Morgan fingerprint density at radius 3 is 2.16 bits per heavy atom. The van der Waals surface area contributed by atoms with Crippen LogP contribution in [0.15, 0.2) is 41.4 Å². The largest absolute Gasteiger partial charge is 0.497 e. The molecule has 3 rings (SSSR count). The quantitative estimate of drug-likeness (QED) is 0.827. The Morgan fingerprint density at radius 1 is 0.920 bits per heavy atom. The zero-order chi connectivity index (χ0) is 18.0. The lowest BCUT2D eigenvalue weighted by Gasteiger charge is -2.17. The molecule has 0 radical (unpaired) electrons. The Bertz CT molecular complexity index is 794. The van der Waals surface area contributed by atoms with Crippen molar-refractivity contribution >= 4 is 5.90 Å². The van der Waals surface area contributed by atoms with Crippen molar-refractivity contribution in [3.63, 3.8) is 0 Å². The van der Waals surface area contributed by atoms with Gasteiger partial charge >= 0.3 is 0 Å². The number of aliphatic imine (C=N–C) groups is 1. The molecule has 0 bridgehead atoms. The molecule has 5 nitrogen and oxygen atoms in total. The normalized spacial score (nSPS) is 15.3. The second-order valence-electron chi connectivity index (χ2n) is 6.47. The van der Waals surface area contributed by atoms with Crippen molar-refractivity contribution in [2.45, 2.75) is 19.4 Å². The predicted molar refractivity (Wildman–Crippen MR) is 98.1 cm³/mol. The highest BCUT2D eigenvalue weighted by atomic mass is 16.5. The van der Waals surface area contributed by atoms with Crippen LogP contribution in [0.4, 0.5) is 0 Å². The number of ether oxygens (including phenoxy) is 4. The maximum Gasteiger partial charge on any atom is 0.217 e. The van der Waals surface area contributed by atoms with Gasteiger partial charge in [-0.05, 0) is 43.7 Å². The fourth-order valence-electron chi connectivity index (χ4n) is 2.87. The molecular formula is C20H23NO4. The lowest BCUT2D eigenvalue weighted by atomic mass is 9.97. The van der Waals surface area contributed by atoms with Crippen LogP contribution in [0.25, 0.3) is 11.1 Å². The molecule has 0 fully saturated rings. The first-order chi connectivity index (χ1) is 12.0. The predicted octanol–water partition coefficient (Wildman–Crippen LogP) is 3.93. The van der Waals surface area contributed by atoms with Crippen LogP contribution in [0.1, 0.15) is 19.4 Å². The molecular weight excluding hydrogens is 318 g/mol. The third kappa shape index (κ3) is 3.27. The fourth-order valence-corrected chi connectivity index (χ4v) is 2.87. The first-order valence-electron chi connectivity index (χ1n) is 8.11. The Hall–Kier alpha value is -2.69. The SMILES string of the molecule is COc1ccc(-c2c(C3=NC(C)(C)CO3)ccc(OC)c2OC)cc1. The van der Waals surface area contributed by atoms with Crippen molar-refractivity contribution in [2.24, 2.45) is 4.99 Å². The molecule has 0 aromatic heterocycles. The second kappa shape index (κ2) is 6.67. The van der Waals surface area contributed by atoms with Crippen LogP contribution in [-0.4, -0.2) is 39.4 Å². The van der Waals surface area contributed by atoms with Crippen molar-refractivity contribution in [3.05, 3.63) is 42.0 Å². The van der Waals surface area contributed by atoms with Crippen LogP contribution >= 0.6 is 0 Å². The number of rotatable bonds is 5. The molecule has 5 heteroatoms. The topological polar surface area (TPSA) is 49.3 Å². The highest BCUT2D eigenvalue weighted by molar-refractivity contribution is 6.04. The van der Waals surface area contributed by atoms with E-state index in [1.807, 2.05) is 50.2 Å². The number of benzene rings is 2. The van der Waals surface area contributed by atoms with Crippen LogP contribution in [0, 0.1) is 0 Å². The van der Waals surface area contributed by atoms with Gasteiger partial charge in [0.05, 0.1) is 26.9 Å². The monoisotopic (exact) mass is 341 g/mol. The van der Waals surface area contributed by atoms with Crippen molar-refractivity contribution in [2.75, 3.05) is 27.9 Å². The lowest BCUT2D eigenvalue weighted by Crippen LogP contribution is -2.17. The smallest absolute Gasteiger partial charge is 0.217 e. The molecule has 2 aromatic carbocycles. The number of nitrogens with zero attached hydrogens (tertiary/aromatic N) is 1. The molecule has 0 aliphatic carbocycles. The van der Waals surface area contributed by atoms with E-state index in [0.717, 1.165) is 22.4 Å². The maximum atomic E-state index is 5.86. The molecule has 1 aliphatic rings. The average Bonchev–Trinajstić information content (AvgIpc) is 3.00. The fraction of sp³-hybridized carbons (Fsp3) is 0.350. The maximum absolute atomic E-state index is 5.86. The summed E-state index contributed by atoms with van der Waals surface area (Å²) in [6.45, 7) is 4.65. The van der Waals surface area contributed by atoms with E-state index < -0.39 is 0 Å². The first kappa shape index (κ1) is 17.1. The molecule has 132 valence electrons. The van der Waals surface area contributed by atoms with E-state index in [1.165, 1.54) is 0 Å². The van der Waals surface area contributed by atoms with Gasteiger partial charge in [0.15, 0.2) is 11.5 Å². The minimum absolute atomic E-state index is 0.236. The van der Waals surface area contributed by atoms with Gasteiger partial charge in [-0.15, -0.1) is 0 Å². The van der Waals surface area contributed by atoms with E-state index in [4.69, 9.17) is 23.9 Å². The highest BCUT2D eigenvalue weighted by Crippen LogP contribution is 2.42. The minimum Gasteiger partial charge on any atom is -0.497 e. The third-order valence-electron chi connectivity index (χ3n) is 4.12. The molecule has 1 aliphatic heterocycles. The average molecular weight is 341 g/mol. The summed E-state index contributed by atoms with van der Waals surface area (Å²) < 4.78 is 22.3. The number of hydrogen-bond donors (Lipinski definition) is 0. The van der Waals surface area contributed by atoms with E-state index >= 15 is 0 Å². The van der Waals surface area contributed by atoms with Crippen molar-refractivity contribution in [1.29, 1.82) is 0 Å². The lowest BCUT2D eigenvalue weighted by molar-refractivity contribution is 0.279. The molecule has 1 heterocycles. The molecule has 0 saturated heterocycles. The van der Waals surface area contributed by atoms with Gasteiger partial charge in [0, 0.05) is 11.1 Å². The van der Waals surface area contributed by atoms with Crippen molar-refractivity contribution in [1.82, 2.24) is 0 Å². The molecule has 25 heavy (non-hydrogen) atoms. The van der Waals surface area contributed by atoms with Crippen LogP contribution in [0.3, 0.4) is 0 Å². The highest BCUT2D eigenvalue weighted by Gasteiger charge is 2.30. The molecule has 2 aromatic rings. The molecule has 0 spiro atoms. The standard InChI is InChI=1S/C20H23NO4/c1-20(2)12-25-19(21-20)15-10-11-16(23-4)18(24-5)17(15)13-6-8-14(22-3)9-7-13/h6-11H,12H2,1-5H3. The van der Waals surface area contributed by atoms with Crippen LogP contribution in [-0.2, 0) is 4.74 Å². The Morgan fingerprint density at radius 2 is 1.64 bits per heavy atom. The summed E-state index contributed by atoms with van der Waals surface area (Å²) in [5.74, 6) is 2.73. The Kier molecular flexibility index (Phi) is 4.57. The molecule has 0 saturated carbocycles. The van der Waals surface area contributed by atoms with Gasteiger partial charge in [-0.25, -0.2) is 4.99 Å². The number of hydrogen-bond acceptors (Lipinski definition) is 5. The molecule has 0 unspecified atom stereocenters. The van der Waals surface area contributed by atoms with E-state index in [2.05, 4.69) is 0 Å². The number of methoxy groups -OCH3 is 3. The van der Waals surface area contributed by atoms with Gasteiger partial charge in [-0.3, -0.25) is 0 Å². The van der Waals surface area contributed by atoms with Gasteiger partial charge in [0.2, 0.25) is 5.90 Å². The third-order valence-corrected chi connectivity index (χ3v) is 4.12.